The Balaban J connectivity index is 2.21. The van der Waals surface area contributed by atoms with E-state index in [4.69, 9.17) is 0 Å². The van der Waals surface area contributed by atoms with Crippen molar-refractivity contribution in [3.63, 3.8) is 0 Å². The molecule has 0 spiro atoms. The molecule has 0 aromatic heterocycles. The van der Waals surface area contributed by atoms with Gasteiger partial charge in [0.25, 0.3) is 0 Å². The van der Waals surface area contributed by atoms with Crippen LogP contribution in [-0.2, 0) is 6.42 Å². The smallest absolute Gasteiger partial charge is 0.126 e. The molecule has 1 atom stereocenters. The minimum atomic E-state index is -0.146. The van der Waals surface area contributed by atoms with Gasteiger partial charge in [0, 0.05) is 10.5 Å². The molecule has 0 radical (unpaired) electrons. The third kappa shape index (κ3) is 4.15. The molecule has 0 saturated heterocycles. The van der Waals surface area contributed by atoms with Gasteiger partial charge < -0.3 is 5.32 Å². The number of rotatable bonds is 6. The topological polar surface area (TPSA) is 12.0 Å². The molecular weight excluding hydrogens is 317 g/mol. The summed E-state index contributed by atoms with van der Waals surface area (Å²) in [7, 11) is 0. The predicted molar refractivity (Wildman–Crippen MR) is 85.3 cm³/mol. The highest BCUT2D eigenvalue weighted by molar-refractivity contribution is 9.10. The summed E-state index contributed by atoms with van der Waals surface area (Å²) in [4.78, 5) is 0. The fourth-order valence-corrected chi connectivity index (χ4v) is 2.64. The van der Waals surface area contributed by atoms with Gasteiger partial charge in [0.05, 0.1) is 0 Å². The summed E-state index contributed by atoms with van der Waals surface area (Å²) in [5.41, 5.74) is 1.93. The fourth-order valence-electron chi connectivity index (χ4n) is 2.23. The summed E-state index contributed by atoms with van der Waals surface area (Å²) in [6, 6.07) is 15.5. The molecule has 0 aliphatic heterocycles. The molecule has 1 N–H and O–H groups in total. The van der Waals surface area contributed by atoms with Crippen molar-refractivity contribution >= 4 is 15.9 Å². The second-order valence-corrected chi connectivity index (χ2v) is 5.77. The Morgan fingerprint density at radius 3 is 2.60 bits per heavy atom. The Bertz CT molecular complexity index is 542. The van der Waals surface area contributed by atoms with Gasteiger partial charge in [0.15, 0.2) is 0 Å². The van der Waals surface area contributed by atoms with Gasteiger partial charge in [-0.05, 0) is 48.7 Å². The van der Waals surface area contributed by atoms with Crippen LogP contribution in [0.1, 0.15) is 30.5 Å². The van der Waals surface area contributed by atoms with Gasteiger partial charge in [-0.3, -0.25) is 0 Å². The lowest BCUT2D eigenvalue weighted by molar-refractivity contribution is 0.513. The first-order valence-corrected chi connectivity index (χ1v) is 7.72. The maximum Gasteiger partial charge on any atom is 0.126 e. The molecule has 20 heavy (non-hydrogen) atoms. The van der Waals surface area contributed by atoms with Crippen molar-refractivity contribution in [3.05, 3.63) is 69.9 Å². The highest BCUT2D eigenvalue weighted by Crippen LogP contribution is 2.23. The molecule has 0 fully saturated rings. The molecule has 0 heterocycles. The lowest BCUT2D eigenvalue weighted by Crippen LogP contribution is -2.24. The number of hydrogen-bond donors (Lipinski definition) is 1. The molecule has 0 saturated carbocycles. The van der Waals surface area contributed by atoms with E-state index in [9.17, 15) is 4.39 Å². The van der Waals surface area contributed by atoms with Crippen LogP contribution >= 0.6 is 15.9 Å². The van der Waals surface area contributed by atoms with E-state index < -0.39 is 0 Å². The zero-order valence-corrected chi connectivity index (χ0v) is 13.2. The van der Waals surface area contributed by atoms with E-state index in [1.165, 1.54) is 11.6 Å². The first-order valence-electron chi connectivity index (χ1n) is 6.93. The number of nitrogens with one attached hydrogen (secondary N) is 1. The van der Waals surface area contributed by atoms with Gasteiger partial charge in [-0.2, -0.15) is 0 Å². The SMILES string of the molecule is CCCNC(Cc1cc(Br)ccc1F)c1ccccc1. The quantitative estimate of drug-likeness (QED) is 0.793. The van der Waals surface area contributed by atoms with Crippen molar-refractivity contribution < 1.29 is 4.39 Å². The van der Waals surface area contributed by atoms with Crippen molar-refractivity contribution in [2.75, 3.05) is 6.54 Å². The van der Waals surface area contributed by atoms with Crippen LogP contribution in [0.15, 0.2) is 53.0 Å². The maximum atomic E-state index is 13.9. The molecule has 1 nitrogen and oxygen atoms in total. The minimum absolute atomic E-state index is 0.139. The van der Waals surface area contributed by atoms with Gasteiger partial charge in [0.2, 0.25) is 0 Å². The average Bonchev–Trinajstić information content (AvgIpc) is 2.48. The lowest BCUT2D eigenvalue weighted by Gasteiger charge is -2.19. The Hall–Kier alpha value is -1.19. The third-order valence-electron chi connectivity index (χ3n) is 3.27. The summed E-state index contributed by atoms with van der Waals surface area (Å²) in [5.74, 6) is -0.146. The number of halogens is 2. The highest BCUT2D eigenvalue weighted by atomic mass is 79.9. The molecule has 2 aromatic rings. The highest BCUT2D eigenvalue weighted by Gasteiger charge is 2.14. The van der Waals surface area contributed by atoms with Gasteiger partial charge in [-0.15, -0.1) is 0 Å². The largest absolute Gasteiger partial charge is 0.310 e. The van der Waals surface area contributed by atoms with Crippen molar-refractivity contribution in [2.45, 2.75) is 25.8 Å². The summed E-state index contributed by atoms with van der Waals surface area (Å²) < 4.78 is 14.8. The molecule has 1 unspecified atom stereocenters. The molecule has 0 aliphatic carbocycles. The average molecular weight is 336 g/mol. The Labute approximate surface area is 128 Å². The van der Waals surface area contributed by atoms with Crippen molar-refractivity contribution in [1.29, 1.82) is 0 Å². The van der Waals surface area contributed by atoms with E-state index in [1.807, 2.05) is 24.3 Å². The first-order chi connectivity index (χ1) is 9.70. The van der Waals surface area contributed by atoms with Crippen LogP contribution < -0.4 is 5.32 Å². The second kappa shape index (κ2) is 7.55. The standard InChI is InChI=1S/C17H19BrFN/c1-2-10-20-17(13-6-4-3-5-7-13)12-14-11-15(18)8-9-16(14)19/h3-9,11,17,20H,2,10,12H2,1H3. The molecule has 3 heteroatoms. The zero-order valence-electron chi connectivity index (χ0n) is 11.6. The summed E-state index contributed by atoms with van der Waals surface area (Å²) >= 11 is 3.41. The van der Waals surface area contributed by atoms with Crippen molar-refractivity contribution in [3.8, 4) is 0 Å². The van der Waals surface area contributed by atoms with Crippen LogP contribution in [0.4, 0.5) is 4.39 Å². The van der Waals surface area contributed by atoms with Gasteiger partial charge >= 0.3 is 0 Å². The zero-order chi connectivity index (χ0) is 14.4. The van der Waals surface area contributed by atoms with Gasteiger partial charge in [-0.1, -0.05) is 53.2 Å². The molecule has 2 aromatic carbocycles. The first kappa shape index (κ1) is 15.2. The van der Waals surface area contributed by atoms with Crippen LogP contribution in [0.2, 0.25) is 0 Å². The molecule has 106 valence electrons. The van der Waals surface area contributed by atoms with Gasteiger partial charge in [-0.25, -0.2) is 4.39 Å². The van der Waals surface area contributed by atoms with E-state index in [0.29, 0.717) is 6.42 Å². The van der Waals surface area contributed by atoms with Crippen LogP contribution in [0.3, 0.4) is 0 Å². The monoisotopic (exact) mass is 335 g/mol. The van der Waals surface area contributed by atoms with Crippen molar-refractivity contribution in [2.24, 2.45) is 0 Å². The third-order valence-corrected chi connectivity index (χ3v) is 3.77. The van der Waals surface area contributed by atoms with Crippen LogP contribution in [0.5, 0.6) is 0 Å². The van der Waals surface area contributed by atoms with E-state index >= 15 is 0 Å². The van der Waals surface area contributed by atoms with Crippen LogP contribution in [0, 0.1) is 5.82 Å². The Morgan fingerprint density at radius 1 is 1.15 bits per heavy atom. The molecule has 0 amide bonds. The molecule has 0 bridgehead atoms. The summed E-state index contributed by atoms with van der Waals surface area (Å²) in [6.45, 7) is 3.06. The Kier molecular flexibility index (Phi) is 5.74. The normalized spacial score (nSPS) is 12.3. The molecule has 0 aliphatic rings. The lowest BCUT2D eigenvalue weighted by atomic mass is 9.98. The second-order valence-electron chi connectivity index (χ2n) is 4.86. The molecule has 2 rings (SSSR count). The van der Waals surface area contributed by atoms with Gasteiger partial charge in [0.1, 0.15) is 5.82 Å². The van der Waals surface area contributed by atoms with E-state index in [-0.39, 0.29) is 11.9 Å². The fraction of sp³-hybridized carbons (Fsp3) is 0.294. The Morgan fingerprint density at radius 2 is 1.90 bits per heavy atom. The van der Waals surface area contributed by atoms with Crippen LogP contribution in [-0.4, -0.2) is 6.54 Å². The van der Waals surface area contributed by atoms with Crippen LogP contribution in [0.25, 0.3) is 0 Å². The minimum Gasteiger partial charge on any atom is -0.310 e. The van der Waals surface area contributed by atoms with Crippen molar-refractivity contribution in [1.82, 2.24) is 5.32 Å². The summed E-state index contributed by atoms with van der Waals surface area (Å²) in [6.07, 6.45) is 1.71. The predicted octanol–water partition coefficient (Wildman–Crippen LogP) is 4.87. The van der Waals surface area contributed by atoms with E-state index in [1.54, 1.807) is 6.07 Å². The molecular formula is C17H19BrFN. The maximum absolute atomic E-state index is 13.9. The summed E-state index contributed by atoms with van der Waals surface area (Å²) in [5, 5.41) is 3.50. The van der Waals surface area contributed by atoms with E-state index in [2.05, 4.69) is 40.3 Å². The van der Waals surface area contributed by atoms with E-state index in [0.717, 1.165) is 23.0 Å². The number of hydrogen-bond acceptors (Lipinski definition) is 1. The number of benzene rings is 2.